The van der Waals surface area contributed by atoms with Crippen LogP contribution in [-0.2, 0) is 9.59 Å². The number of carboxylic acids is 2. The van der Waals surface area contributed by atoms with E-state index in [0.29, 0.717) is 0 Å². The van der Waals surface area contributed by atoms with Crippen molar-refractivity contribution in [2.24, 2.45) is 23.5 Å². The summed E-state index contributed by atoms with van der Waals surface area (Å²) in [6, 6.07) is 0. The fraction of sp³-hybridized carbons (Fsp3) is 0.750. The van der Waals surface area contributed by atoms with Crippen molar-refractivity contribution in [3.05, 3.63) is 0 Å². The number of rotatable bonds is 2. The van der Waals surface area contributed by atoms with E-state index in [4.69, 9.17) is 15.9 Å². The summed E-state index contributed by atoms with van der Waals surface area (Å²) in [4.78, 5) is 21.5. The van der Waals surface area contributed by atoms with E-state index >= 15 is 0 Å². The van der Waals surface area contributed by atoms with Crippen LogP contribution in [0, 0.1) is 17.8 Å². The molecule has 14 heavy (non-hydrogen) atoms. The summed E-state index contributed by atoms with van der Waals surface area (Å²) in [5.41, 5.74) is 4.47. The molecule has 2 fully saturated rings. The molecule has 5 unspecified atom stereocenters. The number of fused-ring (bicyclic) bond motifs is 1. The SMILES string of the molecule is NC12C(C(=O)O)CC(O)C1C2C(=O)O. The minimum atomic E-state index is -1.24. The summed E-state index contributed by atoms with van der Waals surface area (Å²) >= 11 is 0. The van der Waals surface area contributed by atoms with E-state index in [1.165, 1.54) is 0 Å². The van der Waals surface area contributed by atoms with E-state index in [1.54, 1.807) is 0 Å². The van der Waals surface area contributed by atoms with Crippen LogP contribution in [0.2, 0.25) is 0 Å². The highest BCUT2D eigenvalue weighted by molar-refractivity contribution is 5.83. The summed E-state index contributed by atoms with van der Waals surface area (Å²) in [7, 11) is 0. The van der Waals surface area contributed by atoms with Gasteiger partial charge in [-0.1, -0.05) is 0 Å². The highest BCUT2D eigenvalue weighted by Crippen LogP contribution is 2.62. The molecule has 0 amide bonds. The Balaban J connectivity index is 2.28. The largest absolute Gasteiger partial charge is 0.481 e. The number of aliphatic carboxylic acids is 2. The maximum Gasteiger partial charge on any atom is 0.308 e. The van der Waals surface area contributed by atoms with Crippen molar-refractivity contribution in [1.29, 1.82) is 0 Å². The maximum atomic E-state index is 10.8. The fourth-order valence-corrected chi connectivity index (χ4v) is 2.73. The van der Waals surface area contributed by atoms with Gasteiger partial charge < -0.3 is 21.1 Å². The number of hydrogen-bond donors (Lipinski definition) is 4. The second kappa shape index (κ2) is 2.46. The average Bonchev–Trinajstić information content (AvgIpc) is 2.60. The molecule has 6 nitrogen and oxygen atoms in total. The van der Waals surface area contributed by atoms with Gasteiger partial charge in [0.2, 0.25) is 0 Å². The Kier molecular flexibility index (Phi) is 1.65. The number of carboxylic acid groups (broad SMARTS) is 2. The Bertz CT molecular complexity index is 317. The zero-order chi connectivity index (χ0) is 10.7. The first kappa shape index (κ1) is 9.42. The Morgan fingerprint density at radius 2 is 1.86 bits per heavy atom. The lowest BCUT2D eigenvalue weighted by molar-refractivity contribution is -0.144. The van der Waals surface area contributed by atoms with E-state index in [-0.39, 0.29) is 6.42 Å². The quantitative estimate of drug-likeness (QED) is 0.430. The molecule has 0 saturated heterocycles. The lowest BCUT2D eigenvalue weighted by Gasteiger charge is -2.16. The van der Waals surface area contributed by atoms with Gasteiger partial charge in [0.1, 0.15) is 0 Å². The predicted molar refractivity (Wildman–Crippen MR) is 43.3 cm³/mol. The van der Waals surface area contributed by atoms with Gasteiger partial charge in [0.05, 0.1) is 17.9 Å². The van der Waals surface area contributed by atoms with Crippen molar-refractivity contribution in [2.45, 2.75) is 18.1 Å². The molecule has 0 heterocycles. The molecule has 0 spiro atoms. The minimum Gasteiger partial charge on any atom is -0.481 e. The van der Waals surface area contributed by atoms with Crippen molar-refractivity contribution in [1.82, 2.24) is 0 Å². The number of nitrogens with two attached hydrogens (primary N) is 1. The maximum absolute atomic E-state index is 10.8. The third kappa shape index (κ3) is 0.869. The normalized spacial score (nSPS) is 49.9. The highest BCUT2D eigenvalue weighted by atomic mass is 16.4. The predicted octanol–water partition coefficient (Wildman–Crippen LogP) is -1.52. The topological polar surface area (TPSA) is 121 Å². The molecule has 2 aliphatic carbocycles. The molecule has 0 aromatic rings. The molecule has 2 rings (SSSR count). The van der Waals surface area contributed by atoms with Crippen LogP contribution in [0.3, 0.4) is 0 Å². The van der Waals surface area contributed by atoms with Crippen LogP contribution in [-0.4, -0.2) is 38.9 Å². The van der Waals surface area contributed by atoms with Gasteiger partial charge in [-0.3, -0.25) is 9.59 Å². The third-order valence-corrected chi connectivity index (χ3v) is 3.43. The number of aliphatic hydroxyl groups is 1. The van der Waals surface area contributed by atoms with Crippen molar-refractivity contribution >= 4 is 11.9 Å². The highest BCUT2D eigenvalue weighted by Gasteiger charge is 2.77. The van der Waals surface area contributed by atoms with Gasteiger partial charge in [-0.15, -0.1) is 0 Å². The average molecular weight is 201 g/mol. The Hall–Kier alpha value is -1.14. The number of carbonyl (C=O) groups is 2. The van der Waals surface area contributed by atoms with E-state index in [0.717, 1.165) is 0 Å². The zero-order valence-electron chi connectivity index (χ0n) is 7.25. The monoisotopic (exact) mass is 201 g/mol. The van der Waals surface area contributed by atoms with Gasteiger partial charge in [-0.25, -0.2) is 0 Å². The molecular formula is C8H11NO5. The van der Waals surface area contributed by atoms with E-state index < -0.39 is 41.3 Å². The van der Waals surface area contributed by atoms with Gasteiger partial charge in [0, 0.05) is 11.5 Å². The Morgan fingerprint density at radius 3 is 2.21 bits per heavy atom. The van der Waals surface area contributed by atoms with E-state index in [9.17, 15) is 14.7 Å². The molecule has 2 aliphatic rings. The molecule has 0 radical (unpaired) electrons. The van der Waals surface area contributed by atoms with Crippen molar-refractivity contribution < 1.29 is 24.9 Å². The van der Waals surface area contributed by atoms with Gasteiger partial charge >= 0.3 is 11.9 Å². The van der Waals surface area contributed by atoms with Crippen LogP contribution in [0.4, 0.5) is 0 Å². The lowest BCUT2D eigenvalue weighted by Crippen LogP contribution is -2.39. The molecule has 6 heteroatoms. The van der Waals surface area contributed by atoms with E-state index in [2.05, 4.69) is 0 Å². The molecule has 0 aromatic heterocycles. The van der Waals surface area contributed by atoms with Crippen molar-refractivity contribution in [3.63, 3.8) is 0 Å². The van der Waals surface area contributed by atoms with Crippen molar-refractivity contribution in [3.8, 4) is 0 Å². The minimum absolute atomic E-state index is 0.0558. The number of hydrogen-bond acceptors (Lipinski definition) is 4. The first-order chi connectivity index (χ1) is 6.40. The molecule has 5 N–H and O–H groups in total. The molecule has 5 atom stereocenters. The standard InChI is InChI=1S/C8H11NO5/c9-8-2(6(11)12)1-3(10)4(8)5(8)7(13)14/h2-5,10H,1,9H2,(H,11,12)(H,13,14). The summed E-state index contributed by atoms with van der Waals surface area (Å²) in [5, 5.41) is 27.0. The molecule has 0 bridgehead atoms. The Labute approximate surface area is 79.3 Å². The van der Waals surface area contributed by atoms with Crippen LogP contribution in [0.5, 0.6) is 0 Å². The first-order valence-corrected chi connectivity index (χ1v) is 4.33. The molecule has 2 saturated carbocycles. The van der Waals surface area contributed by atoms with Gasteiger partial charge in [-0.2, -0.15) is 0 Å². The van der Waals surface area contributed by atoms with Gasteiger partial charge in [-0.05, 0) is 6.42 Å². The molecular weight excluding hydrogens is 190 g/mol. The van der Waals surface area contributed by atoms with Gasteiger partial charge in [0.15, 0.2) is 0 Å². The zero-order valence-corrected chi connectivity index (χ0v) is 7.25. The third-order valence-electron chi connectivity index (χ3n) is 3.43. The molecule has 0 aromatic carbocycles. The van der Waals surface area contributed by atoms with Crippen LogP contribution in [0.1, 0.15) is 6.42 Å². The smallest absolute Gasteiger partial charge is 0.308 e. The first-order valence-electron chi connectivity index (χ1n) is 4.33. The van der Waals surface area contributed by atoms with E-state index in [1.807, 2.05) is 0 Å². The van der Waals surface area contributed by atoms with Crippen molar-refractivity contribution in [2.75, 3.05) is 0 Å². The Morgan fingerprint density at radius 1 is 1.29 bits per heavy atom. The van der Waals surface area contributed by atoms with Crippen LogP contribution < -0.4 is 5.73 Å². The molecule has 0 aliphatic heterocycles. The van der Waals surface area contributed by atoms with Crippen LogP contribution >= 0.6 is 0 Å². The summed E-state index contributed by atoms with van der Waals surface area (Å²) < 4.78 is 0. The lowest BCUT2D eigenvalue weighted by atomic mass is 9.95. The fourth-order valence-electron chi connectivity index (χ4n) is 2.73. The summed E-state index contributed by atoms with van der Waals surface area (Å²) in [6.07, 6.45) is -0.845. The van der Waals surface area contributed by atoms with Crippen LogP contribution in [0.15, 0.2) is 0 Å². The summed E-state index contributed by atoms with van der Waals surface area (Å²) in [6.45, 7) is 0. The number of aliphatic hydroxyl groups excluding tert-OH is 1. The molecule has 78 valence electrons. The van der Waals surface area contributed by atoms with Gasteiger partial charge in [0.25, 0.3) is 0 Å². The second-order valence-electron chi connectivity index (χ2n) is 4.04. The summed E-state index contributed by atoms with van der Waals surface area (Å²) in [5.74, 6) is -4.70. The second-order valence-corrected chi connectivity index (χ2v) is 4.04. The van der Waals surface area contributed by atoms with Crippen LogP contribution in [0.25, 0.3) is 0 Å².